The smallest absolute Gasteiger partial charge is 0.227 e. The van der Waals surface area contributed by atoms with E-state index in [4.69, 9.17) is 4.74 Å². The summed E-state index contributed by atoms with van der Waals surface area (Å²) in [5, 5.41) is 12.3. The summed E-state index contributed by atoms with van der Waals surface area (Å²) in [6.07, 6.45) is 4.02. The molecule has 1 aromatic heterocycles. The molecule has 1 saturated carbocycles. The molecule has 1 heterocycles. The number of carbonyl (C=O) groups is 2. The van der Waals surface area contributed by atoms with Gasteiger partial charge in [0, 0.05) is 31.0 Å². The zero-order valence-electron chi connectivity index (χ0n) is 18.7. The number of benzene rings is 2. The number of hydrogen-bond acceptors (Lipinski definition) is 6. The van der Waals surface area contributed by atoms with Gasteiger partial charge in [0.15, 0.2) is 0 Å². The zero-order valence-corrected chi connectivity index (χ0v) is 19.5. The lowest BCUT2D eigenvalue weighted by molar-refractivity contribution is -0.138. The first-order valence-electron chi connectivity index (χ1n) is 11.2. The van der Waals surface area contributed by atoms with Gasteiger partial charge in [-0.05, 0) is 49.1 Å². The fourth-order valence-electron chi connectivity index (χ4n) is 3.70. The molecule has 7 nitrogen and oxygen atoms in total. The highest BCUT2D eigenvalue weighted by Gasteiger charge is 2.29. The summed E-state index contributed by atoms with van der Waals surface area (Å²) < 4.78 is 5.18. The Morgan fingerprint density at radius 3 is 2.48 bits per heavy atom. The molecule has 0 radical (unpaired) electrons. The molecule has 8 heteroatoms. The zero-order chi connectivity index (χ0) is 23.0. The average molecular weight is 465 g/mol. The van der Waals surface area contributed by atoms with E-state index < -0.39 is 0 Å². The number of aromatic nitrogens is 2. The number of hydrogen-bond donors (Lipinski definition) is 1. The van der Waals surface area contributed by atoms with E-state index in [-0.39, 0.29) is 24.2 Å². The van der Waals surface area contributed by atoms with Gasteiger partial charge in [-0.25, -0.2) is 0 Å². The largest absolute Gasteiger partial charge is 0.497 e. The van der Waals surface area contributed by atoms with Gasteiger partial charge in [-0.2, -0.15) is 0 Å². The van der Waals surface area contributed by atoms with Crippen LogP contribution in [0, 0.1) is 5.92 Å². The summed E-state index contributed by atoms with van der Waals surface area (Å²) in [6, 6.07) is 17.6. The van der Waals surface area contributed by atoms with Gasteiger partial charge in [0.05, 0.1) is 7.11 Å². The van der Waals surface area contributed by atoms with Gasteiger partial charge in [-0.3, -0.25) is 9.59 Å². The van der Waals surface area contributed by atoms with Gasteiger partial charge in [0.2, 0.25) is 16.9 Å². The maximum absolute atomic E-state index is 12.9. The molecule has 0 atom stereocenters. The third kappa shape index (κ3) is 6.16. The number of amides is 2. The molecule has 0 bridgehead atoms. The minimum Gasteiger partial charge on any atom is -0.497 e. The molecule has 4 rings (SSSR count). The molecular formula is C25H28N4O3S. The van der Waals surface area contributed by atoms with Crippen LogP contribution in [0.15, 0.2) is 54.6 Å². The van der Waals surface area contributed by atoms with E-state index in [0.717, 1.165) is 42.0 Å². The summed E-state index contributed by atoms with van der Waals surface area (Å²) in [6.45, 7) is 1.02. The lowest BCUT2D eigenvalue weighted by atomic mass is 9.84. The summed E-state index contributed by atoms with van der Waals surface area (Å²) in [7, 11) is 1.62. The number of ether oxygens (including phenoxy) is 1. The van der Waals surface area contributed by atoms with Crippen molar-refractivity contribution >= 4 is 28.3 Å². The lowest BCUT2D eigenvalue weighted by Gasteiger charge is -2.31. The molecule has 1 aliphatic rings. The van der Waals surface area contributed by atoms with E-state index >= 15 is 0 Å². The third-order valence-electron chi connectivity index (χ3n) is 5.90. The van der Waals surface area contributed by atoms with Crippen LogP contribution in [0.2, 0.25) is 0 Å². The van der Waals surface area contributed by atoms with Gasteiger partial charge in [-0.1, -0.05) is 48.1 Å². The van der Waals surface area contributed by atoms with Crippen molar-refractivity contribution in [1.82, 2.24) is 15.1 Å². The van der Waals surface area contributed by atoms with Crippen molar-refractivity contribution in [1.29, 1.82) is 0 Å². The number of carbonyl (C=O) groups excluding carboxylic acids is 2. The molecule has 0 aliphatic heterocycles. The Labute approximate surface area is 197 Å². The molecule has 1 N–H and O–H groups in total. The summed E-state index contributed by atoms with van der Waals surface area (Å²) >= 11 is 1.32. The predicted molar refractivity (Wildman–Crippen MR) is 129 cm³/mol. The Hall–Kier alpha value is -3.26. The van der Waals surface area contributed by atoms with E-state index in [2.05, 4.69) is 27.6 Å². The molecule has 0 spiro atoms. The molecule has 0 saturated heterocycles. The second-order valence-corrected chi connectivity index (χ2v) is 9.11. The second-order valence-electron chi connectivity index (χ2n) is 8.13. The monoisotopic (exact) mass is 464 g/mol. The lowest BCUT2D eigenvalue weighted by Crippen LogP contribution is -2.41. The molecule has 33 heavy (non-hydrogen) atoms. The molecule has 172 valence electrons. The summed E-state index contributed by atoms with van der Waals surface area (Å²) in [5.74, 6) is 0.880. The highest BCUT2D eigenvalue weighted by atomic mass is 32.1. The standard InChI is InChI=1S/C25H28N4O3S/c1-32-21-12-10-19(11-13-21)23-27-28-25(33-23)26-22(30)15-17-29(24(31)20-8-5-9-20)16-14-18-6-3-2-4-7-18/h2-4,6-7,10-13,20H,5,8-9,14-17H2,1H3,(H,26,28,30). The van der Waals surface area contributed by atoms with Gasteiger partial charge >= 0.3 is 0 Å². The summed E-state index contributed by atoms with van der Waals surface area (Å²) in [4.78, 5) is 27.3. The van der Waals surface area contributed by atoms with Crippen molar-refractivity contribution in [3.05, 3.63) is 60.2 Å². The van der Waals surface area contributed by atoms with Crippen molar-refractivity contribution in [3.63, 3.8) is 0 Å². The first-order chi connectivity index (χ1) is 16.1. The van der Waals surface area contributed by atoms with E-state index in [9.17, 15) is 9.59 Å². The molecular weight excluding hydrogens is 436 g/mol. The highest BCUT2D eigenvalue weighted by molar-refractivity contribution is 7.18. The molecule has 1 fully saturated rings. The first kappa shape index (κ1) is 22.9. The highest BCUT2D eigenvalue weighted by Crippen LogP contribution is 2.29. The molecule has 1 aliphatic carbocycles. The minimum absolute atomic E-state index is 0.110. The molecule has 2 amide bonds. The van der Waals surface area contributed by atoms with Crippen molar-refractivity contribution in [2.75, 3.05) is 25.5 Å². The quantitative estimate of drug-likeness (QED) is 0.480. The Kier molecular flexibility index (Phi) is 7.67. The van der Waals surface area contributed by atoms with Crippen LogP contribution in [0.25, 0.3) is 10.6 Å². The molecule has 2 aromatic carbocycles. The maximum atomic E-state index is 12.9. The Morgan fingerprint density at radius 1 is 1.06 bits per heavy atom. The number of anilines is 1. The predicted octanol–water partition coefficient (Wildman–Crippen LogP) is 4.41. The van der Waals surface area contributed by atoms with Crippen LogP contribution in [0.4, 0.5) is 5.13 Å². The Bertz CT molecular complexity index is 1060. The SMILES string of the molecule is COc1ccc(-c2nnc(NC(=O)CCN(CCc3ccccc3)C(=O)C3CCC3)s2)cc1. The van der Waals surface area contributed by atoms with Crippen LogP contribution in [-0.2, 0) is 16.0 Å². The van der Waals surface area contributed by atoms with Gasteiger partial charge in [0.25, 0.3) is 0 Å². The topological polar surface area (TPSA) is 84.4 Å². The Morgan fingerprint density at radius 2 is 1.82 bits per heavy atom. The fraction of sp³-hybridized carbons (Fsp3) is 0.360. The fourth-order valence-corrected chi connectivity index (χ4v) is 4.46. The van der Waals surface area contributed by atoms with E-state index in [1.54, 1.807) is 7.11 Å². The van der Waals surface area contributed by atoms with Crippen LogP contribution in [0.1, 0.15) is 31.2 Å². The third-order valence-corrected chi connectivity index (χ3v) is 6.78. The van der Waals surface area contributed by atoms with E-state index in [1.165, 1.54) is 16.9 Å². The van der Waals surface area contributed by atoms with E-state index in [0.29, 0.717) is 18.2 Å². The number of rotatable bonds is 10. The van der Waals surface area contributed by atoms with Crippen LogP contribution < -0.4 is 10.1 Å². The molecule has 0 unspecified atom stereocenters. The van der Waals surface area contributed by atoms with Gasteiger partial charge in [0.1, 0.15) is 10.8 Å². The van der Waals surface area contributed by atoms with Crippen molar-refractivity contribution in [3.8, 4) is 16.3 Å². The van der Waals surface area contributed by atoms with Crippen LogP contribution in [-0.4, -0.2) is 47.1 Å². The average Bonchev–Trinajstić information content (AvgIpc) is 3.27. The summed E-state index contributed by atoms with van der Waals surface area (Å²) in [5.41, 5.74) is 2.10. The van der Waals surface area contributed by atoms with Crippen LogP contribution >= 0.6 is 11.3 Å². The van der Waals surface area contributed by atoms with Gasteiger partial charge < -0.3 is 15.0 Å². The van der Waals surface area contributed by atoms with Crippen LogP contribution in [0.3, 0.4) is 0 Å². The van der Waals surface area contributed by atoms with Crippen molar-refractivity contribution in [2.45, 2.75) is 32.1 Å². The van der Waals surface area contributed by atoms with Gasteiger partial charge in [-0.15, -0.1) is 10.2 Å². The normalized spacial score (nSPS) is 13.2. The van der Waals surface area contributed by atoms with E-state index in [1.807, 2.05) is 47.4 Å². The number of nitrogens with one attached hydrogen (secondary N) is 1. The maximum Gasteiger partial charge on any atom is 0.227 e. The Balaban J connectivity index is 1.32. The minimum atomic E-state index is -0.168. The van der Waals surface area contributed by atoms with Crippen molar-refractivity contribution in [2.24, 2.45) is 5.92 Å². The number of nitrogens with zero attached hydrogens (tertiary/aromatic N) is 3. The molecule has 3 aromatic rings. The first-order valence-corrected chi connectivity index (χ1v) is 12.0. The van der Waals surface area contributed by atoms with Crippen LogP contribution in [0.5, 0.6) is 5.75 Å². The second kappa shape index (κ2) is 11.0. The number of methoxy groups -OCH3 is 1. The van der Waals surface area contributed by atoms with Crippen molar-refractivity contribution < 1.29 is 14.3 Å².